The van der Waals surface area contributed by atoms with Crippen molar-refractivity contribution in [1.82, 2.24) is 5.32 Å². The van der Waals surface area contributed by atoms with Gasteiger partial charge in [-0.15, -0.1) is 0 Å². The second kappa shape index (κ2) is 4.13. The van der Waals surface area contributed by atoms with Gasteiger partial charge in [0, 0.05) is 17.6 Å². The van der Waals surface area contributed by atoms with Crippen molar-refractivity contribution in [2.45, 2.75) is 0 Å². The Kier molecular flexibility index (Phi) is 2.82. The minimum atomic E-state index is -0.988. The topological polar surface area (TPSA) is 69.6 Å². The van der Waals surface area contributed by atoms with E-state index in [-0.39, 0.29) is 11.6 Å². The summed E-state index contributed by atoms with van der Waals surface area (Å²) >= 11 is 3.27. The first-order chi connectivity index (χ1) is 7.59. The Bertz CT molecular complexity index is 461. The number of rotatable bonds is 2. The van der Waals surface area contributed by atoms with Crippen molar-refractivity contribution in [3.05, 3.63) is 28.2 Å². The number of halogens is 1. The Morgan fingerprint density at radius 3 is 2.75 bits per heavy atom. The van der Waals surface area contributed by atoms with Crippen LogP contribution in [0.15, 0.2) is 22.7 Å². The fourth-order valence-electron chi connectivity index (χ4n) is 1.56. The van der Waals surface area contributed by atoms with Gasteiger partial charge in [-0.25, -0.2) is 9.59 Å². The highest BCUT2D eigenvalue weighted by molar-refractivity contribution is 9.10. The van der Waals surface area contributed by atoms with Gasteiger partial charge in [-0.2, -0.15) is 0 Å². The van der Waals surface area contributed by atoms with E-state index in [1.165, 1.54) is 12.1 Å². The van der Waals surface area contributed by atoms with E-state index in [1.807, 2.05) is 0 Å². The van der Waals surface area contributed by atoms with E-state index in [0.29, 0.717) is 23.2 Å². The lowest BCUT2D eigenvalue weighted by Crippen LogP contribution is -2.28. The van der Waals surface area contributed by atoms with Crippen LogP contribution in [-0.2, 0) is 0 Å². The van der Waals surface area contributed by atoms with Crippen molar-refractivity contribution < 1.29 is 14.7 Å². The first-order valence-corrected chi connectivity index (χ1v) is 5.47. The Morgan fingerprint density at radius 2 is 2.25 bits per heavy atom. The SMILES string of the molecule is O=C(O)c1ccc(N2CCNC2=O)c(Br)c1. The summed E-state index contributed by atoms with van der Waals surface area (Å²) in [5.41, 5.74) is 0.871. The normalized spacial score (nSPS) is 15.1. The highest BCUT2D eigenvalue weighted by Crippen LogP contribution is 2.28. The summed E-state index contributed by atoms with van der Waals surface area (Å²) in [5.74, 6) is -0.988. The highest BCUT2D eigenvalue weighted by atomic mass is 79.9. The number of amides is 2. The van der Waals surface area contributed by atoms with Crippen LogP contribution in [0.1, 0.15) is 10.4 Å². The second-order valence-electron chi connectivity index (χ2n) is 3.35. The zero-order valence-corrected chi connectivity index (χ0v) is 9.82. The van der Waals surface area contributed by atoms with E-state index in [1.54, 1.807) is 11.0 Å². The quantitative estimate of drug-likeness (QED) is 0.868. The molecule has 0 aliphatic carbocycles. The van der Waals surface area contributed by atoms with Crippen molar-refractivity contribution in [1.29, 1.82) is 0 Å². The average molecular weight is 285 g/mol. The number of aromatic carboxylic acids is 1. The van der Waals surface area contributed by atoms with Crippen molar-refractivity contribution in [3.8, 4) is 0 Å². The Hall–Kier alpha value is -1.56. The van der Waals surface area contributed by atoms with Crippen LogP contribution in [0.25, 0.3) is 0 Å². The standard InChI is InChI=1S/C10H9BrN2O3/c11-7-5-6(9(14)15)1-2-8(7)13-4-3-12-10(13)16/h1-2,5H,3-4H2,(H,12,16)(H,14,15). The van der Waals surface area contributed by atoms with Crippen LogP contribution in [0.4, 0.5) is 10.5 Å². The third-order valence-electron chi connectivity index (χ3n) is 2.34. The first-order valence-electron chi connectivity index (χ1n) is 4.68. The molecule has 0 radical (unpaired) electrons. The van der Waals surface area contributed by atoms with Gasteiger partial charge in [-0.1, -0.05) is 0 Å². The molecule has 1 aliphatic rings. The number of hydrogen-bond donors (Lipinski definition) is 2. The molecule has 0 saturated carbocycles. The van der Waals surface area contributed by atoms with Gasteiger partial charge >= 0.3 is 12.0 Å². The molecule has 2 amide bonds. The molecular formula is C10H9BrN2O3. The molecule has 0 bridgehead atoms. The molecule has 0 unspecified atom stereocenters. The van der Waals surface area contributed by atoms with Gasteiger partial charge in [0.2, 0.25) is 0 Å². The molecule has 0 aromatic heterocycles. The number of carbonyl (C=O) groups excluding carboxylic acids is 1. The monoisotopic (exact) mass is 284 g/mol. The smallest absolute Gasteiger partial charge is 0.335 e. The van der Waals surface area contributed by atoms with Gasteiger partial charge in [0.1, 0.15) is 0 Å². The number of urea groups is 1. The Labute approximate surface area is 100 Å². The third-order valence-corrected chi connectivity index (χ3v) is 2.98. The molecule has 1 fully saturated rings. The summed E-state index contributed by atoms with van der Waals surface area (Å²) in [4.78, 5) is 23.7. The summed E-state index contributed by atoms with van der Waals surface area (Å²) < 4.78 is 0.601. The van der Waals surface area contributed by atoms with Gasteiger partial charge in [0.25, 0.3) is 0 Å². The fourth-order valence-corrected chi connectivity index (χ4v) is 2.15. The van der Waals surface area contributed by atoms with E-state index >= 15 is 0 Å². The molecule has 1 saturated heterocycles. The molecule has 16 heavy (non-hydrogen) atoms. The van der Waals surface area contributed by atoms with Crippen LogP contribution >= 0.6 is 15.9 Å². The maximum atomic E-state index is 11.4. The predicted octanol–water partition coefficient (Wildman–Crippen LogP) is 1.68. The van der Waals surface area contributed by atoms with Crippen LogP contribution in [0.5, 0.6) is 0 Å². The summed E-state index contributed by atoms with van der Waals surface area (Å²) in [6.45, 7) is 1.19. The zero-order chi connectivity index (χ0) is 11.7. The number of carboxylic acids is 1. The number of hydrogen-bond acceptors (Lipinski definition) is 2. The van der Waals surface area contributed by atoms with Gasteiger partial charge in [0.15, 0.2) is 0 Å². The number of carbonyl (C=O) groups is 2. The molecule has 0 atom stereocenters. The van der Waals surface area contributed by atoms with E-state index in [4.69, 9.17) is 5.11 Å². The molecule has 1 aromatic rings. The average Bonchev–Trinajstić information content (AvgIpc) is 2.64. The van der Waals surface area contributed by atoms with Crippen LogP contribution < -0.4 is 10.2 Å². The Balaban J connectivity index is 2.36. The maximum Gasteiger partial charge on any atom is 0.335 e. The molecule has 1 aliphatic heterocycles. The van der Waals surface area contributed by atoms with Gasteiger partial charge in [-0.3, -0.25) is 4.90 Å². The summed E-state index contributed by atoms with van der Waals surface area (Å²) in [5, 5.41) is 11.5. The van der Waals surface area contributed by atoms with Crippen molar-refractivity contribution >= 4 is 33.6 Å². The first kappa shape index (κ1) is 10.9. The molecule has 1 heterocycles. The minimum Gasteiger partial charge on any atom is -0.478 e. The van der Waals surface area contributed by atoms with Crippen molar-refractivity contribution in [2.75, 3.05) is 18.0 Å². The zero-order valence-electron chi connectivity index (χ0n) is 8.24. The lowest BCUT2D eigenvalue weighted by Gasteiger charge is -2.16. The van der Waals surface area contributed by atoms with Crippen LogP contribution in [-0.4, -0.2) is 30.2 Å². The predicted molar refractivity (Wildman–Crippen MR) is 61.8 cm³/mol. The third kappa shape index (κ3) is 1.88. The molecule has 84 valence electrons. The van der Waals surface area contributed by atoms with E-state index in [9.17, 15) is 9.59 Å². The van der Waals surface area contributed by atoms with Crippen molar-refractivity contribution in [3.63, 3.8) is 0 Å². The number of benzene rings is 1. The maximum absolute atomic E-state index is 11.4. The Morgan fingerprint density at radius 1 is 1.50 bits per heavy atom. The van der Waals surface area contributed by atoms with Gasteiger partial charge < -0.3 is 10.4 Å². The number of nitrogens with one attached hydrogen (secondary N) is 1. The van der Waals surface area contributed by atoms with Crippen LogP contribution in [0.2, 0.25) is 0 Å². The highest BCUT2D eigenvalue weighted by Gasteiger charge is 2.23. The molecule has 6 heteroatoms. The summed E-state index contributed by atoms with van der Waals surface area (Å²) in [6.07, 6.45) is 0. The van der Waals surface area contributed by atoms with Crippen molar-refractivity contribution in [2.24, 2.45) is 0 Å². The van der Waals surface area contributed by atoms with Crippen LogP contribution in [0, 0.1) is 0 Å². The molecule has 2 rings (SSSR count). The molecular weight excluding hydrogens is 276 g/mol. The van der Waals surface area contributed by atoms with Crippen LogP contribution in [0.3, 0.4) is 0 Å². The van der Waals surface area contributed by atoms with E-state index in [0.717, 1.165) is 0 Å². The van der Waals surface area contributed by atoms with Gasteiger partial charge in [-0.05, 0) is 34.1 Å². The number of anilines is 1. The van der Waals surface area contributed by atoms with E-state index in [2.05, 4.69) is 21.2 Å². The number of nitrogens with zero attached hydrogens (tertiary/aromatic N) is 1. The molecule has 0 spiro atoms. The lowest BCUT2D eigenvalue weighted by atomic mass is 10.2. The number of carboxylic acid groups (broad SMARTS) is 1. The largest absolute Gasteiger partial charge is 0.478 e. The minimum absolute atomic E-state index is 0.163. The van der Waals surface area contributed by atoms with Gasteiger partial charge in [0.05, 0.1) is 11.3 Å². The molecule has 1 aromatic carbocycles. The molecule has 2 N–H and O–H groups in total. The fraction of sp³-hybridized carbons (Fsp3) is 0.200. The summed E-state index contributed by atoms with van der Waals surface area (Å²) in [6, 6.07) is 4.43. The van der Waals surface area contributed by atoms with E-state index < -0.39 is 5.97 Å². The summed E-state index contributed by atoms with van der Waals surface area (Å²) in [7, 11) is 0. The second-order valence-corrected chi connectivity index (χ2v) is 4.21. The lowest BCUT2D eigenvalue weighted by molar-refractivity contribution is 0.0697. The molecule has 5 nitrogen and oxygen atoms in total.